The average molecular weight is 330 g/mol. The maximum atomic E-state index is 12.9. The normalized spacial score (nSPS) is 21.4. The second-order valence-electron chi connectivity index (χ2n) is 6.89. The minimum Gasteiger partial charge on any atom is -0.332 e. The van der Waals surface area contributed by atoms with Gasteiger partial charge in [-0.3, -0.25) is 14.9 Å². The Hall–Kier alpha value is -2.44. The van der Waals surface area contributed by atoms with Crippen molar-refractivity contribution >= 4 is 11.4 Å². The van der Waals surface area contributed by atoms with Gasteiger partial charge in [-0.1, -0.05) is 13.8 Å². The Kier molecular flexibility index (Phi) is 4.51. The summed E-state index contributed by atoms with van der Waals surface area (Å²) in [5.74, 6) is 0.297. The van der Waals surface area contributed by atoms with Crippen LogP contribution >= 0.6 is 0 Å². The minimum absolute atomic E-state index is 0.0369. The molecule has 128 valence electrons. The molecule has 0 N–H and O–H groups in total. The molecule has 0 aliphatic carbocycles. The summed E-state index contributed by atoms with van der Waals surface area (Å²) in [6.45, 7) is 4.90. The van der Waals surface area contributed by atoms with E-state index in [9.17, 15) is 14.9 Å². The molecule has 2 atom stereocenters. The van der Waals surface area contributed by atoms with Crippen molar-refractivity contribution in [2.75, 3.05) is 13.1 Å². The van der Waals surface area contributed by atoms with Crippen LogP contribution in [0.2, 0.25) is 0 Å². The third kappa shape index (κ3) is 3.11. The zero-order valence-corrected chi connectivity index (χ0v) is 14.0. The van der Waals surface area contributed by atoms with Crippen LogP contribution in [-0.2, 0) is 0 Å². The molecular formula is C17H22N4O3. The Balaban J connectivity index is 1.81. The Morgan fingerprint density at radius 3 is 3.00 bits per heavy atom. The summed E-state index contributed by atoms with van der Waals surface area (Å²) in [5.41, 5.74) is 1.27. The highest BCUT2D eigenvalue weighted by Crippen LogP contribution is 2.27. The lowest BCUT2D eigenvalue weighted by Gasteiger charge is -2.34. The van der Waals surface area contributed by atoms with Crippen molar-refractivity contribution < 1.29 is 9.72 Å². The molecule has 0 saturated carbocycles. The Morgan fingerprint density at radius 2 is 2.29 bits per heavy atom. The number of rotatable bonds is 4. The molecule has 1 amide bonds. The summed E-state index contributed by atoms with van der Waals surface area (Å²) in [6.07, 6.45) is 6.61. The molecular weight excluding hydrogens is 308 g/mol. The number of imidazole rings is 1. The molecule has 24 heavy (non-hydrogen) atoms. The van der Waals surface area contributed by atoms with E-state index in [1.165, 1.54) is 0 Å². The van der Waals surface area contributed by atoms with Crippen LogP contribution in [0.3, 0.4) is 0 Å². The number of hydrogen-bond donors (Lipinski definition) is 0. The third-order valence-corrected chi connectivity index (χ3v) is 4.74. The number of hydrogen-bond acceptors (Lipinski definition) is 4. The van der Waals surface area contributed by atoms with Crippen molar-refractivity contribution in [2.45, 2.75) is 32.7 Å². The van der Waals surface area contributed by atoms with Crippen LogP contribution < -0.4 is 0 Å². The number of fused-ring (bicyclic) bond motifs is 1. The molecule has 2 aromatic rings. The fraction of sp³-hybridized carbons (Fsp3) is 0.529. The average Bonchev–Trinajstić information content (AvgIpc) is 3.02. The van der Waals surface area contributed by atoms with Gasteiger partial charge >= 0.3 is 0 Å². The predicted molar refractivity (Wildman–Crippen MR) is 89.4 cm³/mol. The van der Waals surface area contributed by atoms with Crippen molar-refractivity contribution in [3.8, 4) is 0 Å². The quantitative estimate of drug-likeness (QED) is 0.637. The molecule has 1 aliphatic rings. The molecule has 1 saturated heterocycles. The molecule has 2 aromatic heterocycles. The van der Waals surface area contributed by atoms with Crippen molar-refractivity contribution in [1.29, 1.82) is 0 Å². The maximum Gasteiger partial charge on any atom is 0.256 e. The Labute approximate surface area is 140 Å². The van der Waals surface area contributed by atoms with Gasteiger partial charge in [-0.2, -0.15) is 0 Å². The first kappa shape index (κ1) is 16.4. The van der Waals surface area contributed by atoms with E-state index in [-0.39, 0.29) is 23.3 Å². The van der Waals surface area contributed by atoms with E-state index in [0.717, 1.165) is 11.9 Å². The summed E-state index contributed by atoms with van der Waals surface area (Å²) < 4.78 is 1.78. The first-order valence-corrected chi connectivity index (χ1v) is 8.30. The molecule has 0 spiro atoms. The van der Waals surface area contributed by atoms with Crippen LogP contribution in [0.4, 0.5) is 0 Å². The third-order valence-electron chi connectivity index (χ3n) is 4.74. The summed E-state index contributed by atoms with van der Waals surface area (Å²) in [7, 11) is 0. The Bertz CT molecular complexity index is 755. The van der Waals surface area contributed by atoms with Crippen LogP contribution in [0.5, 0.6) is 0 Å². The van der Waals surface area contributed by atoms with Crippen LogP contribution in [0.15, 0.2) is 30.9 Å². The van der Waals surface area contributed by atoms with E-state index < -0.39 is 6.04 Å². The molecule has 1 fully saturated rings. The van der Waals surface area contributed by atoms with Crippen molar-refractivity contribution in [3.05, 3.63) is 46.5 Å². The summed E-state index contributed by atoms with van der Waals surface area (Å²) in [4.78, 5) is 29.8. The molecule has 0 bridgehead atoms. The fourth-order valence-corrected chi connectivity index (χ4v) is 3.58. The smallest absolute Gasteiger partial charge is 0.256 e. The van der Waals surface area contributed by atoms with Gasteiger partial charge in [0.1, 0.15) is 0 Å². The topological polar surface area (TPSA) is 80.8 Å². The molecule has 0 unspecified atom stereocenters. The molecule has 3 rings (SSSR count). The summed E-state index contributed by atoms with van der Waals surface area (Å²) in [6, 6.07) is 2.86. The van der Waals surface area contributed by atoms with Gasteiger partial charge in [-0.05, 0) is 30.9 Å². The first-order valence-electron chi connectivity index (χ1n) is 8.30. The molecule has 0 aromatic carbocycles. The lowest BCUT2D eigenvalue weighted by Crippen LogP contribution is -2.50. The van der Waals surface area contributed by atoms with Gasteiger partial charge < -0.3 is 9.30 Å². The zero-order chi connectivity index (χ0) is 17.3. The van der Waals surface area contributed by atoms with Gasteiger partial charge in [0, 0.05) is 23.6 Å². The van der Waals surface area contributed by atoms with Crippen LogP contribution in [0, 0.1) is 22.0 Å². The SMILES string of the molecule is CC(C)C[C@@H]1CCN(C(=O)c2cccn3cncc23)C[C@H]1[N+](=O)[O-]. The standard InChI is InChI=1S/C17H22N4O3/c1-12(2)8-13-5-7-19(10-16(13)21(23)24)17(22)14-4-3-6-20-11-18-9-15(14)20/h3-4,6,9,11-13,16H,5,7-8,10H2,1-2H3/t13-,16+/m0/s1. The summed E-state index contributed by atoms with van der Waals surface area (Å²) >= 11 is 0. The van der Waals surface area contributed by atoms with E-state index in [0.29, 0.717) is 24.4 Å². The number of pyridine rings is 1. The highest BCUT2D eigenvalue weighted by Gasteiger charge is 2.39. The first-order chi connectivity index (χ1) is 11.5. The van der Waals surface area contributed by atoms with Gasteiger partial charge in [0.15, 0.2) is 0 Å². The van der Waals surface area contributed by atoms with Gasteiger partial charge in [-0.25, -0.2) is 4.98 Å². The van der Waals surface area contributed by atoms with Gasteiger partial charge in [0.2, 0.25) is 6.04 Å². The van der Waals surface area contributed by atoms with Crippen molar-refractivity contribution in [3.63, 3.8) is 0 Å². The van der Waals surface area contributed by atoms with Gasteiger partial charge in [0.25, 0.3) is 5.91 Å². The van der Waals surface area contributed by atoms with E-state index >= 15 is 0 Å². The molecule has 7 nitrogen and oxygen atoms in total. The summed E-state index contributed by atoms with van der Waals surface area (Å²) in [5, 5.41) is 11.5. The lowest BCUT2D eigenvalue weighted by molar-refractivity contribution is -0.535. The minimum atomic E-state index is -0.685. The molecule has 1 aliphatic heterocycles. The highest BCUT2D eigenvalue weighted by atomic mass is 16.6. The molecule has 7 heteroatoms. The Morgan fingerprint density at radius 1 is 1.50 bits per heavy atom. The largest absolute Gasteiger partial charge is 0.332 e. The van der Waals surface area contributed by atoms with E-state index in [2.05, 4.69) is 18.8 Å². The lowest BCUT2D eigenvalue weighted by atomic mass is 9.85. The second-order valence-corrected chi connectivity index (χ2v) is 6.89. The van der Waals surface area contributed by atoms with E-state index in [1.807, 2.05) is 6.20 Å². The number of piperidine rings is 1. The fourth-order valence-electron chi connectivity index (χ4n) is 3.58. The van der Waals surface area contributed by atoms with Crippen molar-refractivity contribution in [2.24, 2.45) is 11.8 Å². The van der Waals surface area contributed by atoms with E-state index in [1.54, 1.807) is 34.0 Å². The van der Waals surface area contributed by atoms with Crippen LogP contribution in [-0.4, -0.2) is 44.2 Å². The number of likely N-dealkylation sites (tertiary alicyclic amines) is 1. The number of nitro groups is 1. The van der Waals surface area contributed by atoms with Crippen LogP contribution in [0.1, 0.15) is 37.0 Å². The predicted octanol–water partition coefficient (Wildman–Crippen LogP) is 2.49. The molecule has 0 radical (unpaired) electrons. The van der Waals surface area contributed by atoms with Gasteiger partial charge in [0.05, 0.1) is 30.1 Å². The number of carbonyl (C=O) groups excluding carboxylic acids is 1. The second kappa shape index (κ2) is 6.59. The van der Waals surface area contributed by atoms with Crippen molar-refractivity contribution in [1.82, 2.24) is 14.3 Å². The number of amides is 1. The van der Waals surface area contributed by atoms with E-state index in [4.69, 9.17) is 0 Å². The highest BCUT2D eigenvalue weighted by molar-refractivity contribution is 6.00. The number of carbonyl (C=O) groups is 1. The zero-order valence-electron chi connectivity index (χ0n) is 14.0. The monoisotopic (exact) mass is 330 g/mol. The molecule has 3 heterocycles. The number of aromatic nitrogens is 2. The number of nitrogens with zero attached hydrogens (tertiary/aromatic N) is 4. The van der Waals surface area contributed by atoms with Gasteiger partial charge in [-0.15, -0.1) is 0 Å². The maximum absolute atomic E-state index is 12.9. The van der Waals surface area contributed by atoms with Crippen LogP contribution in [0.25, 0.3) is 5.52 Å².